The van der Waals surface area contributed by atoms with Gasteiger partial charge >= 0.3 is 0 Å². The van der Waals surface area contributed by atoms with Crippen molar-refractivity contribution < 1.29 is 18.4 Å². The van der Waals surface area contributed by atoms with Gasteiger partial charge in [0, 0.05) is 13.7 Å². The van der Waals surface area contributed by atoms with Crippen LogP contribution in [0.4, 0.5) is 4.39 Å². The van der Waals surface area contributed by atoms with Gasteiger partial charge < -0.3 is 14.0 Å². The predicted octanol–water partition coefficient (Wildman–Crippen LogP) is 2.55. The average Bonchev–Trinajstić information content (AvgIpc) is 3.48. The second-order valence-electron chi connectivity index (χ2n) is 7.42. The third-order valence-corrected chi connectivity index (χ3v) is 5.44. The lowest BCUT2D eigenvalue weighted by Crippen LogP contribution is -2.28. The van der Waals surface area contributed by atoms with E-state index in [-0.39, 0.29) is 29.4 Å². The molecule has 5 rings (SSSR count). The predicted molar refractivity (Wildman–Crippen MR) is 105 cm³/mol. The summed E-state index contributed by atoms with van der Waals surface area (Å²) in [6.07, 6.45) is 2.28. The molecule has 4 heterocycles. The lowest BCUT2D eigenvalue weighted by atomic mass is 10.1. The van der Waals surface area contributed by atoms with Crippen molar-refractivity contribution in [1.29, 1.82) is 0 Å². The van der Waals surface area contributed by atoms with Gasteiger partial charge in [-0.15, -0.1) is 0 Å². The number of para-hydroxylation sites is 1. The van der Waals surface area contributed by atoms with Crippen LogP contribution in [0.25, 0.3) is 28.1 Å². The first-order valence-corrected chi connectivity index (χ1v) is 9.70. The van der Waals surface area contributed by atoms with Crippen molar-refractivity contribution in [2.75, 3.05) is 26.9 Å². The third kappa shape index (κ3) is 2.83. The fraction of sp³-hybridized carbons (Fsp3) is 0.400. The maximum absolute atomic E-state index is 14.8. The molecular formula is C20H20FN5O4. The van der Waals surface area contributed by atoms with Gasteiger partial charge in [0.05, 0.1) is 30.7 Å². The molecule has 0 aliphatic carbocycles. The summed E-state index contributed by atoms with van der Waals surface area (Å²) in [6.45, 7) is 3.22. The number of hydrogen-bond acceptors (Lipinski definition) is 7. The second kappa shape index (κ2) is 7.29. The first-order chi connectivity index (χ1) is 14.6. The maximum Gasteiger partial charge on any atom is 0.278 e. The molecule has 0 radical (unpaired) electrons. The van der Waals surface area contributed by atoms with E-state index in [4.69, 9.17) is 14.0 Å². The fourth-order valence-corrected chi connectivity index (χ4v) is 4.01. The first kappa shape index (κ1) is 18.9. The Bertz CT molecular complexity index is 1290. The summed E-state index contributed by atoms with van der Waals surface area (Å²) < 4.78 is 33.7. The molecule has 9 nitrogen and oxygen atoms in total. The lowest BCUT2D eigenvalue weighted by Gasteiger charge is -2.18. The number of aromatic nitrogens is 5. The Morgan fingerprint density at radius 3 is 3.00 bits per heavy atom. The van der Waals surface area contributed by atoms with Crippen LogP contribution in [0.15, 0.2) is 33.8 Å². The van der Waals surface area contributed by atoms with Crippen molar-refractivity contribution in [3.05, 3.63) is 46.6 Å². The molecule has 10 heteroatoms. The van der Waals surface area contributed by atoms with Crippen molar-refractivity contribution in [1.82, 2.24) is 24.1 Å². The minimum Gasteiger partial charge on any atom is -0.383 e. The number of benzene rings is 1. The van der Waals surface area contributed by atoms with Gasteiger partial charge in [0.15, 0.2) is 0 Å². The summed E-state index contributed by atoms with van der Waals surface area (Å²) >= 11 is 0. The van der Waals surface area contributed by atoms with Crippen LogP contribution in [0, 0.1) is 5.82 Å². The number of halogens is 1. The normalized spacial score (nSPS) is 17.9. The van der Waals surface area contributed by atoms with Gasteiger partial charge in [-0.3, -0.25) is 13.8 Å². The zero-order valence-electron chi connectivity index (χ0n) is 16.5. The zero-order chi connectivity index (χ0) is 20.8. The molecular weight excluding hydrogens is 393 g/mol. The Balaban J connectivity index is 1.76. The largest absolute Gasteiger partial charge is 0.383 e. The van der Waals surface area contributed by atoms with E-state index in [0.717, 1.165) is 6.42 Å². The summed E-state index contributed by atoms with van der Waals surface area (Å²) in [4.78, 5) is 22.3. The summed E-state index contributed by atoms with van der Waals surface area (Å²) in [6, 6.07) is 4.27. The number of hydrogen-bond donors (Lipinski definition) is 0. The van der Waals surface area contributed by atoms with Gasteiger partial charge in [0.25, 0.3) is 5.56 Å². The fourth-order valence-electron chi connectivity index (χ4n) is 4.01. The van der Waals surface area contributed by atoms with Gasteiger partial charge in [-0.1, -0.05) is 11.2 Å². The Labute approximate surface area is 170 Å². The van der Waals surface area contributed by atoms with E-state index in [1.807, 2.05) is 0 Å². The molecule has 2 atom stereocenters. The molecule has 1 aliphatic rings. The zero-order valence-corrected chi connectivity index (χ0v) is 16.5. The van der Waals surface area contributed by atoms with Gasteiger partial charge in [-0.2, -0.15) is 4.98 Å². The van der Waals surface area contributed by atoms with E-state index in [0.29, 0.717) is 30.3 Å². The van der Waals surface area contributed by atoms with E-state index in [1.165, 1.54) is 24.1 Å². The minimum atomic E-state index is -0.493. The molecule has 2 unspecified atom stereocenters. The van der Waals surface area contributed by atoms with Crippen molar-refractivity contribution in [3.8, 4) is 11.5 Å². The van der Waals surface area contributed by atoms with E-state index < -0.39 is 17.4 Å². The van der Waals surface area contributed by atoms with Crippen LogP contribution in [0.1, 0.15) is 31.2 Å². The average molecular weight is 413 g/mol. The molecule has 156 valence electrons. The van der Waals surface area contributed by atoms with E-state index in [1.54, 1.807) is 23.5 Å². The maximum atomic E-state index is 14.8. The monoisotopic (exact) mass is 413 g/mol. The van der Waals surface area contributed by atoms with Crippen molar-refractivity contribution >= 4 is 16.6 Å². The minimum absolute atomic E-state index is 0.0356. The molecule has 3 aromatic heterocycles. The highest BCUT2D eigenvalue weighted by Crippen LogP contribution is 2.28. The number of ether oxygens (including phenoxy) is 2. The summed E-state index contributed by atoms with van der Waals surface area (Å²) in [5, 5.41) is 4.04. The van der Waals surface area contributed by atoms with Crippen LogP contribution < -0.4 is 5.56 Å². The molecule has 1 aliphatic heterocycles. The van der Waals surface area contributed by atoms with Crippen LogP contribution in [-0.2, 0) is 9.47 Å². The molecule has 0 N–H and O–H groups in total. The Kier molecular flexibility index (Phi) is 4.59. The number of nitrogens with zero attached hydrogens (tertiary/aromatic N) is 5. The highest BCUT2D eigenvalue weighted by atomic mass is 19.1. The quantitative estimate of drug-likeness (QED) is 0.496. The summed E-state index contributed by atoms with van der Waals surface area (Å²) in [5.41, 5.74) is 0.851. The highest BCUT2D eigenvalue weighted by molar-refractivity contribution is 5.84. The highest BCUT2D eigenvalue weighted by Gasteiger charge is 2.27. The van der Waals surface area contributed by atoms with E-state index in [2.05, 4.69) is 15.1 Å². The van der Waals surface area contributed by atoms with Gasteiger partial charge in [0.2, 0.25) is 11.7 Å². The number of imidazole rings is 1. The van der Waals surface area contributed by atoms with E-state index >= 15 is 0 Å². The Hall–Kier alpha value is -3.11. The first-order valence-electron chi connectivity index (χ1n) is 9.70. The summed E-state index contributed by atoms with van der Waals surface area (Å²) in [5.74, 6) is 0.225. The molecule has 30 heavy (non-hydrogen) atoms. The molecule has 1 fully saturated rings. The molecule has 1 aromatic carbocycles. The Morgan fingerprint density at radius 1 is 1.37 bits per heavy atom. The molecule has 0 spiro atoms. The van der Waals surface area contributed by atoms with Crippen LogP contribution in [0.5, 0.6) is 0 Å². The molecule has 0 amide bonds. The Morgan fingerprint density at radius 2 is 2.23 bits per heavy atom. The molecule has 1 saturated heterocycles. The van der Waals surface area contributed by atoms with Gasteiger partial charge in [0.1, 0.15) is 28.9 Å². The number of methoxy groups -OCH3 is 1. The van der Waals surface area contributed by atoms with Crippen molar-refractivity contribution in [2.45, 2.75) is 25.3 Å². The van der Waals surface area contributed by atoms with Crippen molar-refractivity contribution in [2.24, 2.45) is 0 Å². The van der Waals surface area contributed by atoms with Crippen LogP contribution in [0.3, 0.4) is 0 Å². The lowest BCUT2D eigenvalue weighted by molar-refractivity contribution is 0.162. The topological polar surface area (TPSA) is 96.7 Å². The van der Waals surface area contributed by atoms with Gasteiger partial charge in [-0.25, -0.2) is 9.37 Å². The molecule has 4 aromatic rings. The van der Waals surface area contributed by atoms with Crippen LogP contribution >= 0.6 is 0 Å². The van der Waals surface area contributed by atoms with Gasteiger partial charge in [-0.05, 0) is 25.5 Å². The molecule has 0 bridgehead atoms. The third-order valence-electron chi connectivity index (χ3n) is 5.44. The number of fused-ring (bicyclic) bond motifs is 3. The number of rotatable bonds is 5. The van der Waals surface area contributed by atoms with Crippen molar-refractivity contribution in [3.63, 3.8) is 0 Å². The SMILES string of the molecule is COCC(C)n1c(=O)c2c(-c3noc(C4CCOC4)n3)ncn2c2cccc(F)c21. The van der Waals surface area contributed by atoms with Crippen LogP contribution in [0.2, 0.25) is 0 Å². The summed E-state index contributed by atoms with van der Waals surface area (Å²) in [7, 11) is 1.54. The molecule has 0 saturated carbocycles. The second-order valence-corrected chi connectivity index (χ2v) is 7.42. The van der Waals surface area contributed by atoms with Crippen LogP contribution in [-0.4, -0.2) is 51.0 Å². The van der Waals surface area contributed by atoms with E-state index in [9.17, 15) is 9.18 Å². The smallest absolute Gasteiger partial charge is 0.278 e. The standard InChI is InChI=1S/C20H20FN5O4/c1-11(8-28-2)26-16-13(21)4-3-5-14(16)25-10-22-15(17(25)20(26)27)18-23-19(30-24-18)12-6-7-29-9-12/h3-5,10-12H,6-9H2,1-2H3.